The molecule has 4 nitrogen and oxygen atoms in total. The summed E-state index contributed by atoms with van der Waals surface area (Å²) in [6.45, 7) is 2.67. The van der Waals surface area contributed by atoms with Gasteiger partial charge in [0.05, 0.1) is 14.2 Å². The molecule has 2 N–H and O–H groups in total. The Morgan fingerprint density at radius 1 is 1.00 bits per heavy atom. The fourth-order valence-corrected chi connectivity index (χ4v) is 2.09. The van der Waals surface area contributed by atoms with E-state index in [4.69, 9.17) is 9.47 Å². The highest BCUT2D eigenvalue weighted by molar-refractivity contribution is 5.39. The summed E-state index contributed by atoms with van der Waals surface area (Å²) in [5.41, 5.74) is 2.01. The van der Waals surface area contributed by atoms with Crippen LogP contribution in [0.15, 0.2) is 42.5 Å². The molecule has 112 valence electrons. The maximum absolute atomic E-state index is 9.94. The van der Waals surface area contributed by atoms with Crippen molar-refractivity contribution in [1.29, 1.82) is 0 Å². The van der Waals surface area contributed by atoms with Crippen LogP contribution in [0.3, 0.4) is 0 Å². The lowest BCUT2D eigenvalue weighted by atomic mass is 10.1. The first-order valence-electron chi connectivity index (χ1n) is 6.87. The monoisotopic (exact) mass is 287 g/mol. The van der Waals surface area contributed by atoms with Crippen molar-refractivity contribution >= 4 is 0 Å². The molecule has 2 rings (SSSR count). The Labute approximate surface area is 125 Å². The molecule has 0 radical (unpaired) electrons. The van der Waals surface area contributed by atoms with E-state index < -0.39 is 0 Å². The van der Waals surface area contributed by atoms with Crippen LogP contribution in [0.2, 0.25) is 0 Å². The van der Waals surface area contributed by atoms with Crippen molar-refractivity contribution < 1.29 is 14.6 Å². The van der Waals surface area contributed by atoms with Gasteiger partial charge in [0.1, 0.15) is 17.2 Å². The highest BCUT2D eigenvalue weighted by Gasteiger charge is 2.08. The summed E-state index contributed by atoms with van der Waals surface area (Å²) in [6, 6.07) is 13.5. The van der Waals surface area contributed by atoms with Gasteiger partial charge in [0.2, 0.25) is 0 Å². The van der Waals surface area contributed by atoms with Crippen LogP contribution in [0.1, 0.15) is 24.1 Å². The lowest BCUT2D eigenvalue weighted by molar-refractivity contribution is 0.405. The van der Waals surface area contributed by atoms with E-state index in [0.29, 0.717) is 12.3 Å². The quantitative estimate of drug-likeness (QED) is 0.856. The molecular weight excluding hydrogens is 266 g/mol. The third-order valence-corrected chi connectivity index (χ3v) is 3.51. The third kappa shape index (κ3) is 3.89. The number of phenols is 1. The van der Waals surface area contributed by atoms with E-state index in [9.17, 15) is 5.11 Å². The summed E-state index contributed by atoms with van der Waals surface area (Å²) >= 11 is 0. The number of phenolic OH excluding ortho intramolecular Hbond substituents is 1. The van der Waals surface area contributed by atoms with E-state index >= 15 is 0 Å². The van der Waals surface area contributed by atoms with Crippen LogP contribution in [-0.4, -0.2) is 19.3 Å². The highest BCUT2D eigenvalue weighted by atomic mass is 16.5. The molecule has 0 fully saturated rings. The number of nitrogens with one attached hydrogen (secondary N) is 1. The maximum Gasteiger partial charge on any atom is 0.123 e. The van der Waals surface area contributed by atoms with Crippen LogP contribution in [0, 0.1) is 0 Å². The third-order valence-electron chi connectivity index (χ3n) is 3.51. The number of methoxy groups -OCH3 is 2. The molecule has 2 aromatic carbocycles. The fourth-order valence-electron chi connectivity index (χ4n) is 2.09. The van der Waals surface area contributed by atoms with Gasteiger partial charge in [-0.25, -0.2) is 0 Å². The van der Waals surface area contributed by atoms with Gasteiger partial charge in [-0.1, -0.05) is 18.2 Å². The molecule has 0 heterocycles. The molecule has 0 bridgehead atoms. The molecule has 0 aliphatic heterocycles. The first kappa shape index (κ1) is 15.2. The van der Waals surface area contributed by atoms with Gasteiger partial charge in [-0.15, -0.1) is 0 Å². The standard InChI is InChI=1S/C17H21NO3/c1-12(13-4-7-15(20-2)8-5-13)18-11-14-6-9-16(21-3)10-17(14)19/h4-10,12,18-19H,11H2,1-3H3/t12-/m0/s1. The Kier molecular flexibility index (Phi) is 5.06. The normalized spacial score (nSPS) is 12.0. The van der Waals surface area contributed by atoms with Gasteiger partial charge in [-0.05, 0) is 30.7 Å². The summed E-state index contributed by atoms with van der Waals surface area (Å²) in [5.74, 6) is 1.74. The smallest absolute Gasteiger partial charge is 0.123 e. The Morgan fingerprint density at radius 3 is 2.19 bits per heavy atom. The van der Waals surface area contributed by atoms with Crippen molar-refractivity contribution in [3.8, 4) is 17.2 Å². The summed E-state index contributed by atoms with van der Waals surface area (Å²) < 4.78 is 10.2. The molecule has 4 heteroatoms. The number of benzene rings is 2. The Balaban J connectivity index is 1.98. The number of hydrogen-bond donors (Lipinski definition) is 2. The van der Waals surface area contributed by atoms with Crippen molar-refractivity contribution in [2.24, 2.45) is 0 Å². The van der Waals surface area contributed by atoms with Gasteiger partial charge in [-0.2, -0.15) is 0 Å². The van der Waals surface area contributed by atoms with Gasteiger partial charge in [0, 0.05) is 24.2 Å². The topological polar surface area (TPSA) is 50.7 Å². The summed E-state index contributed by atoms with van der Waals surface area (Å²) in [6.07, 6.45) is 0. The van der Waals surface area contributed by atoms with Crippen LogP contribution in [-0.2, 0) is 6.54 Å². The summed E-state index contributed by atoms with van der Waals surface area (Å²) in [4.78, 5) is 0. The average molecular weight is 287 g/mol. The molecule has 1 atom stereocenters. The predicted octanol–water partition coefficient (Wildman–Crippen LogP) is 3.26. The van der Waals surface area contributed by atoms with E-state index in [1.54, 1.807) is 20.3 Å². The second-order valence-electron chi connectivity index (χ2n) is 4.87. The molecule has 0 aromatic heterocycles. The van der Waals surface area contributed by atoms with Gasteiger partial charge in [-0.3, -0.25) is 0 Å². The minimum Gasteiger partial charge on any atom is -0.507 e. The SMILES string of the molecule is COc1ccc([C@H](C)NCc2ccc(OC)cc2O)cc1. The molecule has 2 aromatic rings. The van der Waals surface area contributed by atoms with E-state index in [1.165, 1.54) is 5.56 Å². The molecule has 0 saturated carbocycles. The largest absolute Gasteiger partial charge is 0.507 e. The summed E-state index contributed by atoms with van der Waals surface area (Å²) in [5, 5.41) is 13.3. The molecule has 0 spiro atoms. The Morgan fingerprint density at radius 2 is 1.62 bits per heavy atom. The molecule has 0 aliphatic carbocycles. The minimum absolute atomic E-state index is 0.178. The van der Waals surface area contributed by atoms with Crippen molar-refractivity contribution in [3.63, 3.8) is 0 Å². The zero-order valence-electron chi connectivity index (χ0n) is 12.6. The number of ether oxygens (including phenoxy) is 2. The van der Waals surface area contributed by atoms with Crippen LogP contribution in [0.4, 0.5) is 0 Å². The highest BCUT2D eigenvalue weighted by Crippen LogP contribution is 2.24. The fraction of sp³-hybridized carbons (Fsp3) is 0.294. The molecular formula is C17H21NO3. The Hall–Kier alpha value is -2.20. The van der Waals surface area contributed by atoms with Crippen LogP contribution in [0.25, 0.3) is 0 Å². The van der Waals surface area contributed by atoms with Crippen LogP contribution in [0.5, 0.6) is 17.2 Å². The number of hydrogen-bond acceptors (Lipinski definition) is 4. The second kappa shape index (κ2) is 6.99. The van der Waals surface area contributed by atoms with Crippen molar-refractivity contribution in [1.82, 2.24) is 5.32 Å². The van der Waals surface area contributed by atoms with E-state index in [2.05, 4.69) is 12.2 Å². The first-order chi connectivity index (χ1) is 10.1. The van der Waals surface area contributed by atoms with Crippen molar-refractivity contribution in [2.45, 2.75) is 19.5 Å². The molecule has 0 amide bonds. The average Bonchev–Trinajstić information content (AvgIpc) is 2.53. The predicted molar refractivity (Wildman–Crippen MR) is 82.9 cm³/mol. The molecule has 0 unspecified atom stereocenters. The van der Waals surface area contributed by atoms with Gasteiger partial charge in [0.15, 0.2) is 0 Å². The van der Waals surface area contributed by atoms with Gasteiger partial charge in [0.25, 0.3) is 0 Å². The zero-order valence-corrected chi connectivity index (χ0v) is 12.6. The minimum atomic E-state index is 0.178. The molecule has 21 heavy (non-hydrogen) atoms. The number of aromatic hydroxyl groups is 1. The lowest BCUT2D eigenvalue weighted by Gasteiger charge is -2.15. The van der Waals surface area contributed by atoms with E-state index in [0.717, 1.165) is 11.3 Å². The maximum atomic E-state index is 9.94. The zero-order chi connectivity index (χ0) is 15.2. The van der Waals surface area contributed by atoms with Gasteiger partial charge < -0.3 is 19.9 Å². The summed E-state index contributed by atoms with van der Waals surface area (Å²) in [7, 11) is 3.24. The Bertz CT molecular complexity index is 581. The van der Waals surface area contributed by atoms with Crippen LogP contribution >= 0.6 is 0 Å². The van der Waals surface area contributed by atoms with E-state index in [-0.39, 0.29) is 11.8 Å². The van der Waals surface area contributed by atoms with Crippen molar-refractivity contribution in [3.05, 3.63) is 53.6 Å². The van der Waals surface area contributed by atoms with Crippen molar-refractivity contribution in [2.75, 3.05) is 14.2 Å². The number of rotatable bonds is 6. The lowest BCUT2D eigenvalue weighted by Crippen LogP contribution is -2.18. The molecule has 0 saturated heterocycles. The molecule has 0 aliphatic rings. The van der Waals surface area contributed by atoms with Crippen LogP contribution < -0.4 is 14.8 Å². The van der Waals surface area contributed by atoms with E-state index in [1.807, 2.05) is 36.4 Å². The second-order valence-corrected chi connectivity index (χ2v) is 4.87. The first-order valence-corrected chi connectivity index (χ1v) is 6.87. The van der Waals surface area contributed by atoms with Gasteiger partial charge >= 0.3 is 0 Å².